The summed E-state index contributed by atoms with van der Waals surface area (Å²) >= 11 is 12.0. The molecule has 7 heteroatoms. The van der Waals surface area contributed by atoms with Gasteiger partial charge >= 0.3 is 0 Å². The summed E-state index contributed by atoms with van der Waals surface area (Å²) in [6.07, 6.45) is 2.05. The van der Waals surface area contributed by atoms with E-state index in [4.69, 9.17) is 27.6 Å². The monoisotopic (exact) mass is 368 g/mol. The molecular weight excluding hydrogens is 351 g/mol. The lowest BCUT2D eigenvalue weighted by Crippen LogP contribution is -2.38. The fourth-order valence-electron chi connectivity index (χ4n) is 2.21. The second-order valence-electron chi connectivity index (χ2n) is 5.22. The summed E-state index contributed by atoms with van der Waals surface area (Å²) in [5, 5.41) is 3.87. The molecule has 2 aromatic rings. The number of amides is 2. The highest BCUT2D eigenvalue weighted by Gasteiger charge is 2.12. The number of furan rings is 1. The Morgan fingerprint density at radius 3 is 2.62 bits per heavy atom. The summed E-state index contributed by atoms with van der Waals surface area (Å²) in [7, 11) is 0. The van der Waals surface area contributed by atoms with Gasteiger partial charge in [-0.05, 0) is 36.2 Å². The van der Waals surface area contributed by atoms with Gasteiger partial charge in [-0.2, -0.15) is 0 Å². The van der Waals surface area contributed by atoms with Crippen LogP contribution in [0.2, 0.25) is 10.0 Å². The first-order valence-corrected chi connectivity index (χ1v) is 8.24. The Kier molecular flexibility index (Phi) is 6.70. The van der Waals surface area contributed by atoms with Gasteiger partial charge in [-0.25, -0.2) is 0 Å². The number of hydrogen-bond donors (Lipinski definition) is 1. The van der Waals surface area contributed by atoms with Crippen LogP contribution in [0.4, 0.5) is 0 Å². The van der Waals surface area contributed by atoms with Crippen molar-refractivity contribution in [1.82, 2.24) is 10.2 Å². The van der Waals surface area contributed by atoms with Crippen molar-refractivity contribution in [3.8, 4) is 0 Å². The van der Waals surface area contributed by atoms with E-state index in [1.807, 2.05) is 6.07 Å². The van der Waals surface area contributed by atoms with Gasteiger partial charge in [0.05, 0.1) is 6.26 Å². The third-order valence-corrected chi connectivity index (χ3v) is 4.11. The van der Waals surface area contributed by atoms with Gasteiger partial charge in [0.15, 0.2) is 5.76 Å². The number of nitrogens with zero attached hydrogens (tertiary/aromatic N) is 1. The van der Waals surface area contributed by atoms with E-state index in [-0.39, 0.29) is 17.6 Å². The topological polar surface area (TPSA) is 62.6 Å². The highest BCUT2D eigenvalue weighted by atomic mass is 35.5. The molecule has 0 fully saturated rings. The molecule has 0 unspecified atom stereocenters. The van der Waals surface area contributed by atoms with Gasteiger partial charge in [-0.3, -0.25) is 9.59 Å². The minimum atomic E-state index is -0.302. The fraction of sp³-hybridized carbons (Fsp3) is 0.294. The van der Waals surface area contributed by atoms with Crippen molar-refractivity contribution in [2.75, 3.05) is 19.6 Å². The maximum Gasteiger partial charge on any atom is 0.287 e. The van der Waals surface area contributed by atoms with Gasteiger partial charge in [-0.15, -0.1) is 0 Å². The molecule has 1 aromatic carbocycles. The average Bonchev–Trinajstić information content (AvgIpc) is 3.06. The summed E-state index contributed by atoms with van der Waals surface area (Å²) < 4.78 is 5.01. The summed E-state index contributed by atoms with van der Waals surface area (Å²) in [6, 6.07) is 8.53. The molecule has 0 saturated heterocycles. The Balaban J connectivity index is 1.83. The minimum absolute atomic E-state index is 0.0627. The second-order valence-corrected chi connectivity index (χ2v) is 6.07. The van der Waals surface area contributed by atoms with Crippen LogP contribution in [0.5, 0.6) is 0 Å². The molecule has 0 radical (unpaired) electrons. The van der Waals surface area contributed by atoms with E-state index in [2.05, 4.69) is 5.32 Å². The third-order valence-electron chi connectivity index (χ3n) is 3.52. The van der Waals surface area contributed by atoms with Crippen molar-refractivity contribution >= 4 is 35.0 Å². The van der Waals surface area contributed by atoms with Crippen LogP contribution in [0.25, 0.3) is 0 Å². The van der Waals surface area contributed by atoms with Gasteiger partial charge in [0.25, 0.3) is 5.91 Å². The molecular formula is C17H18Cl2N2O3. The predicted molar refractivity (Wildman–Crippen MR) is 93.5 cm³/mol. The van der Waals surface area contributed by atoms with E-state index < -0.39 is 0 Å². The summed E-state index contributed by atoms with van der Waals surface area (Å²) in [5.74, 6) is -0.117. The van der Waals surface area contributed by atoms with Gasteiger partial charge < -0.3 is 14.6 Å². The van der Waals surface area contributed by atoms with E-state index in [1.54, 1.807) is 29.2 Å². The maximum atomic E-state index is 11.8. The number of benzene rings is 1. The predicted octanol–water partition coefficient (Wildman–Crippen LogP) is 3.41. The molecule has 1 aromatic heterocycles. The number of carbonyl (C=O) groups excluding carboxylic acids is 2. The Morgan fingerprint density at radius 2 is 2.00 bits per heavy atom. The highest BCUT2D eigenvalue weighted by Crippen LogP contribution is 2.21. The number of carbonyl (C=O) groups is 2. The van der Waals surface area contributed by atoms with Gasteiger partial charge in [0, 0.05) is 36.6 Å². The Labute approximate surface area is 150 Å². The van der Waals surface area contributed by atoms with Crippen molar-refractivity contribution in [3.05, 3.63) is 58.0 Å². The lowest BCUT2D eigenvalue weighted by Gasteiger charge is -2.21. The van der Waals surface area contributed by atoms with E-state index in [0.717, 1.165) is 5.56 Å². The Morgan fingerprint density at radius 1 is 1.21 bits per heavy atom. The van der Waals surface area contributed by atoms with Crippen LogP contribution >= 0.6 is 23.2 Å². The van der Waals surface area contributed by atoms with Crippen molar-refractivity contribution in [3.63, 3.8) is 0 Å². The molecule has 0 aliphatic rings. The van der Waals surface area contributed by atoms with Crippen molar-refractivity contribution in [1.29, 1.82) is 0 Å². The Bertz CT molecular complexity index is 702. The highest BCUT2D eigenvalue weighted by molar-refractivity contribution is 6.35. The van der Waals surface area contributed by atoms with Crippen LogP contribution in [0.3, 0.4) is 0 Å². The smallest absolute Gasteiger partial charge is 0.287 e. The first kappa shape index (κ1) is 18.4. The van der Waals surface area contributed by atoms with Crippen LogP contribution in [0, 0.1) is 0 Å². The molecule has 5 nitrogen and oxygen atoms in total. The molecule has 2 rings (SSSR count). The standard InChI is InChI=1S/C17H18Cl2N2O3/c1-12(22)21(8-6-13-4-5-14(18)11-15(13)19)9-7-20-17(23)16-3-2-10-24-16/h2-5,10-11H,6-9H2,1H3,(H,20,23). The molecule has 1 heterocycles. The molecule has 24 heavy (non-hydrogen) atoms. The molecule has 0 atom stereocenters. The van der Waals surface area contributed by atoms with Crippen LogP contribution < -0.4 is 5.32 Å². The second kappa shape index (κ2) is 8.76. The largest absolute Gasteiger partial charge is 0.459 e. The summed E-state index contributed by atoms with van der Waals surface area (Å²) in [6.45, 7) is 2.76. The van der Waals surface area contributed by atoms with E-state index >= 15 is 0 Å². The fourth-order valence-corrected chi connectivity index (χ4v) is 2.71. The molecule has 0 aliphatic heterocycles. The molecule has 0 aliphatic carbocycles. The zero-order valence-corrected chi connectivity index (χ0v) is 14.7. The van der Waals surface area contributed by atoms with Gasteiger partial charge in [0.2, 0.25) is 5.91 Å². The summed E-state index contributed by atoms with van der Waals surface area (Å²) in [4.78, 5) is 25.2. The van der Waals surface area contributed by atoms with Gasteiger partial charge in [-0.1, -0.05) is 29.3 Å². The van der Waals surface area contributed by atoms with Crippen LogP contribution in [0.1, 0.15) is 23.0 Å². The minimum Gasteiger partial charge on any atom is -0.459 e. The van der Waals surface area contributed by atoms with Crippen molar-refractivity contribution < 1.29 is 14.0 Å². The SMILES string of the molecule is CC(=O)N(CCNC(=O)c1ccco1)CCc1ccc(Cl)cc1Cl. The summed E-state index contributed by atoms with van der Waals surface area (Å²) in [5.41, 5.74) is 0.923. The average molecular weight is 369 g/mol. The van der Waals surface area contributed by atoms with Crippen LogP contribution in [-0.2, 0) is 11.2 Å². The molecule has 128 valence electrons. The first-order chi connectivity index (χ1) is 11.5. The van der Waals surface area contributed by atoms with Gasteiger partial charge in [0.1, 0.15) is 0 Å². The molecule has 2 amide bonds. The number of rotatable bonds is 7. The molecule has 0 bridgehead atoms. The maximum absolute atomic E-state index is 11.8. The van der Waals surface area contributed by atoms with Crippen molar-refractivity contribution in [2.45, 2.75) is 13.3 Å². The van der Waals surface area contributed by atoms with E-state index in [9.17, 15) is 9.59 Å². The molecule has 0 saturated carbocycles. The third kappa shape index (κ3) is 5.28. The molecule has 1 N–H and O–H groups in total. The quantitative estimate of drug-likeness (QED) is 0.814. The zero-order valence-electron chi connectivity index (χ0n) is 13.2. The first-order valence-electron chi connectivity index (χ1n) is 7.48. The van der Waals surface area contributed by atoms with E-state index in [1.165, 1.54) is 13.2 Å². The van der Waals surface area contributed by atoms with Crippen LogP contribution in [0.15, 0.2) is 41.0 Å². The normalized spacial score (nSPS) is 10.5. The lowest BCUT2D eigenvalue weighted by molar-refractivity contribution is -0.128. The number of halogens is 2. The van der Waals surface area contributed by atoms with Crippen molar-refractivity contribution in [2.24, 2.45) is 0 Å². The molecule has 0 spiro atoms. The lowest BCUT2D eigenvalue weighted by atomic mass is 10.1. The number of hydrogen-bond acceptors (Lipinski definition) is 3. The zero-order chi connectivity index (χ0) is 17.5. The Hall–Kier alpha value is -1.98. The number of nitrogens with one attached hydrogen (secondary N) is 1. The van der Waals surface area contributed by atoms with Crippen LogP contribution in [-0.4, -0.2) is 36.3 Å². The van der Waals surface area contributed by atoms with E-state index in [0.29, 0.717) is 36.1 Å².